The molecule has 0 aliphatic carbocycles. The Labute approximate surface area is 74.6 Å². The van der Waals surface area contributed by atoms with Crippen LogP contribution >= 0.6 is 12.4 Å². The van der Waals surface area contributed by atoms with Crippen molar-refractivity contribution in [3.63, 3.8) is 0 Å². The van der Waals surface area contributed by atoms with Crippen LogP contribution in [0.2, 0.25) is 0 Å². The number of rotatable bonds is 0. The Morgan fingerprint density at radius 1 is 1.09 bits per heavy atom. The van der Waals surface area contributed by atoms with Crippen LogP contribution in [0.1, 0.15) is 27.7 Å². The molecule has 0 aliphatic heterocycles. The van der Waals surface area contributed by atoms with E-state index < -0.39 is 11.1 Å². The first-order chi connectivity index (χ1) is 4.21. The van der Waals surface area contributed by atoms with E-state index in [1.807, 2.05) is 0 Å². The maximum absolute atomic E-state index is 9.15. The zero-order valence-electron chi connectivity index (χ0n) is 7.43. The number of nitrogens with two attached hydrogens (primary N) is 1. The van der Waals surface area contributed by atoms with E-state index in [9.17, 15) is 0 Å². The van der Waals surface area contributed by atoms with Gasteiger partial charge >= 0.3 is 0 Å². The Hall–Kier alpha value is -0.230. The summed E-state index contributed by atoms with van der Waals surface area (Å²) in [4.78, 5) is 0. The lowest BCUT2D eigenvalue weighted by molar-refractivity contribution is 0.143. The first-order valence-electron chi connectivity index (χ1n) is 3.26. The molecule has 0 heterocycles. The predicted octanol–water partition coefficient (Wildman–Crippen LogP) is 0.920. The normalized spacial score (nSPS) is 11.1. The fourth-order valence-corrected chi connectivity index (χ4v) is 0.314. The van der Waals surface area contributed by atoms with E-state index >= 15 is 0 Å². The molecule has 0 aromatic carbocycles. The summed E-state index contributed by atoms with van der Waals surface area (Å²) >= 11 is 0. The molecule has 0 atom stereocenters. The van der Waals surface area contributed by atoms with Gasteiger partial charge in [-0.2, -0.15) is 0 Å². The van der Waals surface area contributed by atoms with Gasteiger partial charge in [0.1, 0.15) is 5.60 Å². The molecular weight excluding hydrogens is 162 g/mol. The monoisotopic (exact) mass is 177 g/mol. The van der Waals surface area contributed by atoms with Crippen molar-refractivity contribution in [2.24, 2.45) is 5.73 Å². The summed E-state index contributed by atoms with van der Waals surface area (Å²) < 4.78 is 0. The van der Waals surface area contributed by atoms with Crippen LogP contribution in [0.5, 0.6) is 0 Å². The molecular formula is C8H16ClNO. The first-order valence-corrected chi connectivity index (χ1v) is 3.26. The Balaban J connectivity index is 0. The van der Waals surface area contributed by atoms with Crippen molar-refractivity contribution in [2.45, 2.75) is 38.8 Å². The van der Waals surface area contributed by atoms with E-state index in [1.165, 1.54) is 0 Å². The first kappa shape index (κ1) is 13.4. The fraction of sp³-hybridized carbons (Fsp3) is 0.750. The largest absolute Gasteiger partial charge is 0.378 e. The standard InChI is InChI=1S/C8H15NO.ClH/c1-7(2,9)5-6-8(3,4)10;/h10H,9H2,1-4H3;1H. The van der Waals surface area contributed by atoms with Crippen molar-refractivity contribution < 1.29 is 5.11 Å². The van der Waals surface area contributed by atoms with E-state index in [0.717, 1.165) is 0 Å². The average Bonchev–Trinajstić information content (AvgIpc) is 1.57. The van der Waals surface area contributed by atoms with E-state index in [1.54, 1.807) is 27.7 Å². The molecule has 0 fully saturated rings. The molecule has 0 bridgehead atoms. The SMILES string of the molecule is CC(C)(N)C#CC(C)(C)O.Cl. The maximum Gasteiger partial charge on any atom is 0.120 e. The Bertz CT molecular complexity index is 147. The van der Waals surface area contributed by atoms with Crippen LogP contribution in [0.25, 0.3) is 0 Å². The second-order valence-electron chi connectivity index (χ2n) is 3.53. The van der Waals surface area contributed by atoms with Crippen LogP contribution in [-0.2, 0) is 0 Å². The molecule has 0 unspecified atom stereocenters. The van der Waals surface area contributed by atoms with Gasteiger partial charge in [0.2, 0.25) is 0 Å². The van der Waals surface area contributed by atoms with Gasteiger partial charge in [0.25, 0.3) is 0 Å². The van der Waals surface area contributed by atoms with Crippen LogP contribution in [0.4, 0.5) is 0 Å². The molecule has 11 heavy (non-hydrogen) atoms. The quantitative estimate of drug-likeness (QED) is 0.541. The van der Waals surface area contributed by atoms with E-state index in [-0.39, 0.29) is 12.4 Å². The highest BCUT2D eigenvalue weighted by Gasteiger charge is 2.09. The number of aliphatic hydroxyl groups is 1. The molecule has 0 aromatic rings. The van der Waals surface area contributed by atoms with E-state index in [4.69, 9.17) is 10.8 Å². The summed E-state index contributed by atoms with van der Waals surface area (Å²) in [5.74, 6) is 5.38. The number of halogens is 1. The maximum atomic E-state index is 9.15. The molecule has 0 aromatic heterocycles. The zero-order valence-corrected chi connectivity index (χ0v) is 8.25. The molecule has 0 radical (unpaired) electrons. The third-order valence-electron chi connectivity index (χ3n) is 0.691. The lowest BCUT2D eigenvalue weighted by Gasteiger charge is -2.11. The third-order valence-corrected chi connectivity index (χ3v) is 0.691. The summed E-state index contributed by atoms with van der Waals surface area (Å²) in [6.07, 6.45) is 0. The van der Waals surface area contributed by atoms with Crippen LogP contribution in [-0.4, -0.2) is 16.2 Å². The van der Waals surface area contributed by atoms with Gasteiger partial charge in [-0.15, -0.1) is 12.4 Å². The van der Waals surface area contributed by atoms with Crippen LogP contribution in [0.15, 0.2) is 0 Å². The van der Waals surface area contributed by atoms with Gasteiger partial charge in [-0.3, -0.25) is 0 Å². The lowest BCUT2D eigenvalue weighted by atomic mass is 10.1. The van der Waals surface area contributed by atoms with Crippen molar-refractivity contribution in [1.82, 2.24) is 0 Å². The fourth-order valence-electron chi connectivity index (χ4n) is 0.314. The molecule has 2 nitrogen and oxygen atoms in total. The molecule has 3 N–H and O–H groups in total. The molecule has 0 rings (SSSR count). The number of hydrogen-bond donors (Lipinski definition) is 2. The van der Waals surface area contributed by atoms with Crippen LogP contribution in [0, 0.1) is 11.8 Å². The van der Waals surface area contributed by atoms with Gasteiger partial charge in [-0.25, -0.2) is 0 Å². The lowest BCUT2D eigenvalue weighted by Crippen LogP contribution is -2.30. The van der Waals surface area contributed by atoms with Crippen LogP contribution in [0.3, 0.4) is 0 Å². The van der Waals surface area contributed by atoms with Gasteiger partial charge in [0.15, 0.2) is 0 Å². The topological polar surface area (TPSA) is 46.2 Å². The smallest absolute Gasteiger partial charge is 0.120 e. The van der Waals surface area contributed by atoms with Crippen molar-refractivity contribution in [3.8, 4) is 11.8 Å². The second-order valence-corrected chi connectivity index (χ2v) is 3.53. The summed E-state index contributed by atoms with van der Waals surface area (Å²) in [7, 11) is 0. The molecule has 0 saturated heterocycles. The van der Waals surface area contributed by atoms with Crippen molar-refractivity contribution >= 4 is 12.4 Å². The van der Waals surface area contributed by atoms with Gasteiger partial charge < -0.3 is 10.8 Å². The number of hydrogen-bond acceptors (Lipinski definition) is 2. The Kier molecular flexibility index (Phi) is 4.82. The highest BCUT2D eigenvalue weighted by molar-refractivity contribution is 5.85. The third kappa shape index (κ3) is 12.9. The predicted molar refractivity (Wildman–Crippen MR) is 49.6 cm³/mol. The summed E-state index contributed by atoms with van der Waals surface area (Å²) in [6.45, 7) is 6.86. The van der Waals surface area contributed by atoms with Crippen molar-refractivity contribution in [3.05, 3.63) is 0 Å². The minimum atomic E-state index is -0.934. The Morgan fingerprint density at radius 2 is 1.45 bits per heavy atom. The summed E-state index contributed by atoms with van der Waals surface area (Å²) in [5, 5.41) is 9.15. The van der Waals surface area contributed by atoms with Crippen LogP contribution < -0.4 is 5.73 Å². The van der Waals surface area contributed by atoms with E-state index in [0.29, 0.717) is 0 Å². The highest BCUT2D eigenvalue weighted by Crippen LogP contribution is 1.99. The molecule has 66 valence electrons. The van der Waals surface area contributed by atoms with Gasteiger partial charge in [0, 0.05) is 0 Å². The van der Waals surface area contributed by atoms with Crippen molar-refractivity contribution in [1.29, 1.82) is 0 Å². The van der Waals surface area contributed by atoms with Gasteiger partial charge in [-0.05, 0) is 27.7 Å². The molecule has 3 heteroatoms. The van der Waals surface area contributed by atoms with E-state index in [2.05, 4.69) is 11.8 Å². The second kappa shape index (κ2) is 3.96. The Morgan fingerprint density at radius 3 is 1.55 bits per heavy atom. The zero-order chi connectivity index (χ0) is 8.41. The highest BCUT2D eigenvalue weighted by atomic mass is 35.5. The molecule has 0 amide bonds. The summed E-state index contributed by atoms with van der Waals surface area (Å²) in [5.41, 5.74) is 4.11. The molecule has 0 saturated carbocycles. The summed E-state index contributed by atoms with van der Waals surface area (Å²) in [6, 6.07) is 0. The average molecular weight is 178 g/mol. The van der Waals surface area contributed by atoms with Gasteiger partial charge in [0.05, 0.1) is 5.54 Å². The van der Waals surface area contributed by atoms with Gasteiger partial charge in [-0.1, -0.05) is 11.8 Å². The minimum absolute atomic E-state index is 0. The molecule has 0 aliphatic rings. The molecule has 0 spiro atoms. The van der Waals surface area contributed by atoms with Crippen molar-refractivity contribution in [2.75, 3.05) is 0 Å². The minimum Gasteiger partial charge on any atom is -0.378 e.